The van der Waals surface area contributed by atoms with Crippen LogP contribution in [0, 0.1) is 5.41 Å². The van der Waals surface area contributed by atoms with Crippen molar-refractivity contribution in [3.05, 3.63) is 24.0 Å². The van der Waals surface area contributed by atoms with Crippen molar-refractivity contribution >= 4 is 0 Å². The average Bonchev–Trinajstić information content (AvgIpc) is 2.68. The Hall–Kier alpha value is -1.09. The molecule has 0 bridgehead atoms. The van der Waals surface area contributed by atoms with Crippen LogP contribution in [-0.2, 0) is 5.54 Å². The fourth-order valence-corrected chi connectivity index (χ4v) is 1.92. The fraction of sp³-hybridized carbons (Fsp3) is 0.545. The first-order chi connectivity index (χ1) is 6.49. The van der Waals surface area contributed by atoms with Crippen molar-refractivity contribution in [3.63, 3.8) is 0 Å². The van der Waals surface area contributed by atoms with Crippen LogP contribution in [0.5, 0.6) is 5.75 Å². The van der Waals surface area contributed by atoms with Crippen molar-refractivity contribution in [2.75, 3.05) is 7.11 Å². The number of hydrogen-bond acceptors (Lipinski definition) is 3. The molecule has 3 nitrogen and oxygen atoms in total. The molecular weight excluding hydrogens is 176 g/mol. The summed E-state index contributed by atoms with van der Waals surface area (Å²) >= 11 is 0. The SMILES string of the molecule is COc1cncc(C2(N)CC2(C)C)c1. The first-order valence-corrected chi connectivity index (χ1v) is 4.78. The Morgan fingerprint density at radius 3 is 2.57 bits per heavy atom. The molecule has 1 unspecified atom stereocenters. The van der Waals surface area contributed by atoms with Crippen molar-refractivity contribution < 1.29 is 4.74 Å². The number of nitrogens with two attached hydrogens (primary N) is 1. The Kier molecular flexibility index (Phi) is 1.83. The van der Waals surface area contributed by atoms with Gasteiger partial charge in [-0.2, -0.15) is 0 Å². The summed E-state index contributed by atoms with van der Waals surface area (Å²) in [6, 6.07) is 1.97. The standard InChI is InChI=1S/C11H16N2O/c1-10(2)7-11(10,12)8-4-9(14-3)6-13-5-8/h4-6H,7,12H2,1-3H3. The summed E-state index contributed by atoms with van der Waals surface area (Å²) in [7, 11) is 1.64. The largest absolute Gasteiger partial charge is 0.495 e. The molecule has 14 heavy (non-hydrogen) atoms. The summed E-state index contributed by atoms with van der Waals surface area (Å²) in [5.74, 6) is 0.773. The fourth-order valence-electron chi connectivity index (χ4n) is 1.92. The van der Waals surface area contributed by atoms with Gasteiger partial charge in [-0.1, -0.05) is 13.8 Å². The molecule has 0 aliphatic heterocycles. The third kappa shape index (κ3) is 1.20. The number of nitrogens with zero attached hydrogens (tertiary/aromatic N) is 1. The zero-order chi connectivity index (χ0) is 10.4. The van der Waals surface area contributed by atoms with Gasteiger partial charge in [0.05, 0.1) is 13.3 Å². The van der Waals surface area contributed by atoms with E-state index in [9.17, 15) is 0 Å². The summed E-state index contributed by atoms with van der Waals surface area (Å²) in [4.78, 5) is 4.12. The summed E-state index contributed by atoms with van der Waals surface area (Å²) in [6.45, 7) is 4.35. The molecule has 2 N–H and O–H groups in total. The Bertz CT molecular complexity index is 362. The van der Waals surface area contributed by atoms with E-state index in [1.807, 2.05) is 12.3 Å². The van der Waals surface area contributed by atoms with Crippen molar-refractivity contribution in [2.24, 2.45) is 11.1 Å². The molecule has 1 fully saturated rings. The lowest BCUT2D eigenvalue weighted by molar-refractivity contribution is 0.410. The van der Waals surface area contributed by atoms with E-state index >= 15 is 0 Å². The number of methoxy groups -OCH3 is 1. The molecule has 1 atom stereocenters. The third-order valence-corrected chi connectivity index (χ3v) is 3.27. The lowest BCUT2D eigenvalue weighted by atomic mass is 9.98. The van der Waals surface area contributed by atoms with E-state index < -0.39 is 0 Å². The summed E-state index contributed by atoms with van der Waals surface area (Å²) in [6.07, 6.45) is 4.54. The number of ether oxygens (including phenoxy) is 1. The molecule has 1 aromatic heterocycles. The Balaban J connectivity index is 2.34. The molecule has 2 rings (SSSR count). The molecule has 0 aromatic carbocycles. The van der Waals surface area contributed by atoms with E-state index in [1.54, 1.807) is 13.3 Å². The zero-order valence-corrected chi connectivity index (χ0v) is 8.87. The minimum atomic E-state index is -0.214. The van der Waals surface area contributed by atoms with Gasteiger partial charge >= 0.3 is 0 Å². The molecule has 0 saturated heterocycles. The van der Waals surface area contributed by atoms with Gasteiger partial charge in [0.1, 0.15) is 5.75 Å². The average molecular weight is 192 g/mol. The van der Waals surface area contributed by atoms with Crippen LogP contribution in [-0.4, -0.2) is 12.1 Å². The van der Waals surface area contributed by atoms with E-state index in [2.05, 4.69) is 18.8 Å². The van der Waals surface area contributed by atoms with Gasteiger partial charge < -0.3 is 10.5 Å². The van der Waals surface area contributed by atoms with E-state index in [4.69, 9.17) is 10.5 Å². The number of rotatable bonds is 2. The van der Waals surface area contributed by atoms with E-state index in [0.29, 0.717) is 0 Å². The van der Waals surface area contributed by atoms with Crippen LogP contribution in [0.4, 0.5) is 0 Å². The maximum atomic E-state index is 6.27. The number of aromatic nitrogens is 1. The quantitative estimate of drug-likeness (QED) is 0.775. The normalized spacial score (nSPS) is 28.6. The summed E-state index contributed by atoms with van der Waals surface area (Å²) < 4.78 is 5.13. The summed E-state index contributed by atoms with van der Waals surface area (Å²) in [5.41, 5.74) is 7.31. The second kappa shape index (κ2) is 2.70. The molecule has 1 heterocycles. The van der Waals surface area contributed by atoms with Crippen LogP contribution in [0.3, 0.4) is 0 Å². The highest BCUT2D eigenvalue weighted by Gasteiger charge is 2.59. The smallest absolute Gasteiger partial charge is 0.137 e. The van der Waals surface area contributed by atoms with Gasteiger partial charge in [-0.15, -0.1) is 0 Å². The molecule has 0 amide bonds. The van der Waals surface area contributed by atoms with Crippen molar-refractivity contribution in [1.29, 1.82) is 0 Å². The van der Waals surface area contributed by atoms with E-state index in [1.165, 1.54) is 0 Å². The zero-order valence-electron chi connectivity index (χ0n) is 8.87. The topological polar surface area (TPSA) is 48.1 Å². The molecule has 76 valence electrons. The number of pyridine rings is 1. The molecule has 1 aromatic rings. The van der Waals surface area contributed by atoms with E-state index in [0.717, 1.165) is 17.7 Å². The van der Waals surface area contributed by atoms with Gasteiger partial charge in [-0.05, 0) is 23.5 Å². The van der Waals surface area contributed by atoms with Crippen LogP contribution in [0.2, 0.25) is 0 Å². The second-order valence-electron chi connectivity index (χ2n) is 4.65. The highest BCUT2D eigenvalue weighted by molar-refractivity contribution is 5.37. The predicted octanol–water partition coefficient (Wildman–Crippen LogP) is 1.67. The predicted molar refractivity (Wildman–Crippen MR) is 55.1 cm³/mol. The maximum absolute atomic E-state index is 6.27. The lowest BCUT2D eigenvalue weighted by Crippen LogP contribution is -2.25. The molecule has 0 radical (unpaired) electrons. The van der Waals surface area contributed by atoms with Crippen LogP contribution >= 0.6 is 0 Å². The lowest BCUT2D eigenvalue weighted by Gasteiger charge is -2.15. The minimum Gasteiger partial charge on any atom is -0.495 e. The van der Waals surface area contributed by atoms with Crippen LogP contribution in [0.25, 0.3) is 0 Å². The summed E-state index contributed by atoms with van der Waals surface area (Å²) in [5, 5.41) is 0. The van der Waals surface area contributed by atoms with Crippen molar-refractivity contribution in [3.8, 4) is 5.75 Å². The van der Waals surface area contributed by atoms with Gasteiger partial charge in [-0.25, -0.2) is 0 Å². The van der Waals surface area contributed by atoms with Crippen LogP contribution < -0.4 is 10.5 Å². The molecule has 0 spiro atoms. The Morgan fingerprint density at radius 1 is 1.43 bits per heavy atom. The molecule has 1 aliphatic carbocycles. The second-order valence-corrected chi connectivity index (χ2v) is 4.65. The number of hydrogen-bond donors (Lipinski definition) is 1. The third-order valence-electron chi connectivity index (χ3n) is 3.27. The van der Waals surface area contributed by atoms with Crippen molar-refractivity contribution in [2.45, 2.75) is 25.8 Å². The van der Waals surface area contributed by atoms with Crippen molar-refractivity contribution in [1.82, 2.24) is 4.98 Å². The molecule has 1 saturated carbocycles. The first-order valence-electron chi connectivity index (χ1n) is 4.78. The highest BCUT2D eigenvalue weighted by Crippen LogP contribution is 2.60. The van der Waals surface area contributed by atoms with Gasteiger partial charge in [0.15, 0.2) is 0 Å². The van der Waals surface area contributed by atoms with Crippen LogP contribution in [0.15, 0.2) is 18.5 Å². The van der Waals surface area contributed by atoms with Gasteiger partial charge in [0.25, 0.3) is 0 Å². The van der Waals surface area contributed by atoms with Gasteiger partial charge in [0, 0.05) is 11.7 Å². The monoisotopic (exact) mass is 192 g/mol. The molecule has 3 heteroatoms. The first kappa shape index (κ1) is 9.46. The molecule has 1 aliphatic rings. The van der Waals surface area contributed by atoms with Gasteiger partial charge in [-0.3, -0.25) is 4.98 Å². The van der Waals surface area contributed by atoms with Gasteiger partial charge in [0.2, 0.25) is 0 Å². The maximum Gasteiger partial charge on any atom is 0.137 e. The molecular formula is C11H16N2O. The Morgan fingerprint density at radius 2 is 2.07 bits per heavy atom. The van der Waals surface area contributed by atoms with E-state index in [-0.39, 0.29) is 11.0 Å². The highest BCUT2D eigenvalue weighted by atomic mass is 16.5. The Labute approximate surface area is 84.3 Å². The van der Waals surface area contributed by atoms with Crippen LogP contribution in [0.1, 0.15) is 25.8 Å². The minimum absolute atomic E-state index is 0.182.